The van der Waals surface area contributed by atoms with Crippen molar-refractivity contribution < 1.29 is 14.3 Å². The predicted molar refractivity (Wildman–Crippen MR) is 123 cm³/mol. The zero-order valence-electron chi connectivity index (χ0n) is 18.3. The van der Waals surface area contributed by atoms with Crippen LogP contribution in [0.3, 0.4) is 0 Å². The third-order valence-electron chi connectivity index (χ3n) is 7.81. The molecule has 6 rings (SSSR count). The van der Waals surface area contributed by atoms with Gasteiger partial charge in [0.1, 0.15) is 0 Å². The minimum absolute atomic E-state index is 0.0760. The number of methoxy groups -OCH3 is 1. The fourth-order valence-corrected chi connectivity index (χ4v) is 6.44. The molecule has 3 atom stereocenters. The third kappa shape index (κ3) is 2.81. The average Bonchev–Trinajstić information content (AvgIpc) is 3.39. The van der Waals surface area contributed by atoms with E-state index in [2.05, 4.69) is 52.7 Å². The number of benzene rings is 2. The lowest BCUT2D eigenvalue weighted by molar-refractivity contribution is -0.137. The molecule has 5 nitrogen and oxygen atoms in total. The van der Waals surface area contributed by atoms with E-state index in [0.717, 1.165) is 42.9 Å². The minimum Gasteiger partial charge on any atom is -0.466 e. The van der Waals surface area contributed by atoms with Gasteiger partial charge < -0.3 is 14.8 Å². The summed E-state index contributed by atoms with van der Waals surface area (Å²) in [5.74, 6) is -0.133. The highest BCUT2D eigenvalue weighted by molar-refractivity contribution is 5.94. The van der Waals surface area contributed by atoms with E-state index < -0.39 is 0 Å². The summed E-state index contributed by atoms with van der Waals surface area (Å²) < 4.78 is 11.3. The maximum atomic E-state index is 13.1. The van der Waals surface area contributed by atoms with Gasteiger partial charge in [0, 0.05) is 36.4 Å². The van der Waals surface area contributed by atoms with Crippen LogP contribution in [-0.4, -0.2) is 43.7 Å². The predicted octanol–water partition coefficient (Wildman–Crippen LogP) is 4.03. The first kappa shape index (κ1) is 19.8. The number of ether oxygens (including phenoxy) is 2. The molecule has 0 amide bonds. The van der Waals surface area contributed by atoms with Gasteiger partial charge >= 0.3 is 5.97 Å². The normalized spacial score (nSPS) is 29.0. The lowest BCUT2D eigenvalue weighted by atomic mass is 9.62. The second-order valence-electron chi connectivity index (χ2n) is 9.23. The van der Waals surface area contributed by atoms with Crippen LogP contribution < -0.4 is 5.32 Å². The summed E-state index contributed by atoms with van der Waals surface area (Å²) >= 11 is 0. The number of carbonyl (C=O) groups excluding carboxylic acids is 1. The molecule has 32 heavy (non-hydrogen) atoms. The molecule has 2 saturated heterocycles. The van der Waals surface area contributed by atoms with Gasteiger partial charge in [-0.05, 0) is 35.6 Å². The van der Waals surface area contributed by atoms with Gasteiger partial charge in [0.15, 0.2) is 0 Å². The molecule has 1 unspecified atom stereocenters. The Hall–Kier alpha value is -2.89. The number of hydrogen-bond donors (Lipinski definition) is 1. The standard InChI is InChI=1S/C27H28N2O3/c1-31-26(30)24-20-15-23-27(21-9-5-6-10-22(21)28-25(24)27)12-13-29(23)16-19(20)11-14-32-17-18-7-3-2-4-8-18/h2-11,20,23,28H,12-17H2,1H3/b19-11-/t20-,23-,27?/m0/s1. The van der Waals surface area contributed by atoms with E-state index in [1.165, 1.54) is 23.8 Å². The van der Waals surface area contributed by atoms with Crippen molar-refractivity contribution in [3.63, 3.8) is 0 Å². The third-order valence-corrected chi connectivity index (χ3v) is 7.81. The van der Waals surface area contributed by atoms with Gasteiger partial charge in [-0.15, -0.1) is 0 Å². The second-order valence-corrected chi connectivity index (χ2v) is 9.23. The first-order valence-corrected chi connectivity index (χ1v) is 11.5. The van der Waals surface area contributed by atoms with Crippen molar-refractivity contribution in [2.75, 3.05) is 32.1 Å². The van der Waals surface area contributed by atoms with Crippen molar-refractivity contribution in [3.8, 4) is 0 Å². The van der Waals surface area contributed by atoms with Crippen LogP contribution in [0.2, 0.25) is 0 Å². The van der Waals surface area contributed by atoms with E-state index >= 15 is 0 Å². The minimum atomic E-state index is -0.209. The number of esters is 1. The summed E-state index contributed by atoms with van der Waals surface area (Å²) in [4.78, 5) is 15.7. The van der Waals surface area contributed by atoms with Crippen molar-refractivity contribution in [3.05, 3.63) is 88.6 Å². The molecule has 1 aliphatic carbocycles. The van der Waals surface area contributed by atoms with Crippen LogP contribution in [0.15, 0.2) is 77.5 Å². The van der Waals surface area contributed by atoms with Gasteiger partial charge in [-0.2, -0.15) is 0 Å². The Morgan fingerprint density at radius 2 is 2.00 bits per heavy atom. The summed E-state index contributed by atoms with van der Waals surface area (Å²) in [6.45, 7) is 3.06. The maximum absolute atomic E-state index is 13.1. The zero-order valence-corrected chi connectivity index (χ0v) is 18.3. The molecule has 1 spiro atoms. The quantitative estimate of drug-likeness (QED) is 0.443. The largest absolute Gasteiger partial charge is 0.466 e. The van der Waals surface area contributed by atoms with E-state index in [1.807, 2.05) is 18.2 Å². The van der Waals surface area contributed by atoms with Crippen LogP contribution in [0.5, 0.6) is 0 Å². The molecule has 4 aliphatic rings. The molecule has 2 aromatic carbocycles. The highest BCUT2D eigenvalue weighted by Gasteiger charge is 2.62. The van der Waals surface area contributed by atoms with Gasteiger partial charge in [0.25, 0.3) is 0 Å². The SMILES string of the molecule is COC(=O)C1=C2Nc3ccccc3C23CCN2C/C(=C/COCc4ccccc4)[C@@H]1C[C@H]23. The molecule has 3 aliphatic heterocycles. The first-order valence-electron chi connectivity index (χ1n) is 11.5. The van der Waals surface area contributed by atoms with E-state index in [1.54, 1.807) is 0 Å². The summed E-state index contributed by atoms with van der Waals surface area (Å²) in [5.41, 5.74) is 6.68. The van der Waals surface area contributed by atoms with Crippen LogP contribution in [0.4, 0.5) is 5.69 Å². The Morgan fingerprint density at radius 1 is 1.19 bits per heavy atom. The molecular weight excluding hydrogens is 400 g/mol. The first-order chi connectivity index (χ1) is 15.7. The fourth-order valence-electron chi connectivity index (χ4n) is 6.44. The number of anilines is 1. The molecule has 5 heteroatoms. The number of piperidine rings is 1. The Balaban J connectivity index is 1.35. The Bertz CT molecular complexity index is 1120. The number of nitrogens with zero attached hydrogens (tertiary/aromatic N) is 1. The molecule has 2 bridgehead atoms. The van der Waals surface area contributed by atoms with E-state index in [4.69, 9.17) is 9.47 Å². The lowest BCUT2D eigenvalue weighted by Crippen LogP contribution is -2.53. The zero-order chi connectivity index (χ0) is 21.7. The smallest absolute Gasteiger partial charge is 0.336 e. The summed E-state index contributed by atoms with van der Waals surface area (Å²) in [6, 6.07) is 19.2. The second kappa shape index (κ2) is 7.61. The number of carbonyl (C=O) groups is 1. The fraction of sp³-hybridized carbons (Fsp3) is 0.370. The van der Waals surface area contributed by atoms with Crippen molar-refractivity contribution in [1.29, 1.82) is 0 Å². The molecule has 0 saturated carbocycles. The van der Waals surface area contributed by atoms with Crippen molar-refractivity contribution in [2.45, 2.75) is 30.9 Å². The van der Waals surface area contributed by atoms with Crippen LogP contribution in [0, 0.1) is 5.92 Å². The Morgan fingerprint density at radius 3 is 2.84 bits per heavy atom. The van der Waals surface area contributed by atoms with Crippen molar-refractivity contribution >= 4 is 11.7 Å². The van der Waals surface area contributed by atoms with Crippen LogP contribution >= 0.6 is 0 Å². The summed E-state index contributed by atoms with van der Waals surface area (Å²) in [6.07, 6.45) is 4.18. The molecule has 2 fully saturated rings. The molecular formula is C27H28N2O3. The number of rotatable bonds is 5. The van der Waals surface area contributed by atoms with Gasteiger partial charge in [0.2, 0.25) is 0 Å². The molecule has 0 aromatic heterocycles. The van der Waals surface area contributed by atoms with Crippen LogP contribution in [0.25, 0.3) is 0 Å². The molecule has 3 heterocycles. The maximum Gasteiger partial charge on any atom is 0.336 e. The average molecular weight is 429 g/mol. The molecule has 0 radical (unpaired) electrons. The van der Waals surface area contributed by atoms with Crippen molar-refractivity contribution in [1.82, 2.24) is 4.90 Å². The summed E-state index contributed by atoms with van der Waals surface area (Å²) in [5, 5.41) is 3.65. The highest BCUT2D eigenvalue weighted by Crippen LogP contribution is 2.61. The van der Waals surface area contributed by atoms with E-state index in [-0.39, 0.29) is 17.3 Å². The van der Waals surface area contributed by atoms with Gasteiger partial charge in [-0.1, -0.05) is 54.6 Å². The number of hydrogen-bond acceptors (Lipinski definition) is 5. The van der Waals surface area contributed by atoms with Crippen LogP contribution in [-0.2, 0) is 26.3 Å². The highest BCUT2D eigenvalue weighted by atomic mass is 16.5. The summed E-state index contributed by atoms with van der Waals surface area (Å²) in [7, 11) is 1.49. The molecule has 1 N–H and O–H groups in total. The number of para-hydroxylation sites is 1. The van der Waals surface area contributed by atoms with Gasteiger partial charge in [0.05, 0.1) is 31.3 Å². The van der Waals surface area contributed by atoms with Crippen molar-refractivity contribution in [2.24, 2.45) is 5.92 Å². The van der Waals surface area contributed by atoms with E-state index in [0.29, 0.717) is 19.3 Å². The lowest BCUT2D eigenvalue weighted by Gasteiger charge is -2.48. The Labute approximate surface area is 188 Å². The molecule has 164 valence electrons. The van der Waals surface area contributed by atoms with E-state index in [9.17, 15) is 4.79 Å². The topological polar surface area (TPSA) is 50.8 Å². The van der Waals surface area contributed by atoms with Gasteiger partial charge in [-0.3, -0.25) is 4.90 Å². The Kier molecular flexibility index (Phi) is 4.70. The number of nitrogens with one attached hydrogen (secondary N) is 1. The number of fused-ring (bicyclic) bond motifs is 2. The monoisotopic (exact) mass is 428 g/mol. The van der Waals surface area contributed by atoms with Gasteiger partial charge in [-0.25, -0.2) is 4.79 Å². The van der Waals surface area contributed by atoms with Crippen LogP contribution in [0.1, 0.15) is 24.0 Å². The molecule has 2 aromatic rings.